The standard InChI is InChI=1S/C24H22FN5O3/c1-17-15-28(16-26-17)21-10-4-18(14-22(21)33-2)5-11-23(31)27-30-13-3-12-29(24(30)32)20-8-6-19(25)7-9-20/h3-11,13-16H,12H2,1-2H3,(H,27,31). The minimum Gasteiger partial charge on any atom is -0.495 e. The molecule has 1 aliphatic heterocycles. The number of halogens is 1. The number of benzene rings is 2. The van der Waals surface area contributed by atoms with E-state index in [1.165, 1.54) is 41.4 Å². The van der Waals surface area contributed by atoms with Crippen LogP contribution in [0.4, 0.5) is 14.9 Å². The molecular weight excluding hydrogens is 425 g/mol. The maximum absolute atomic E-state index is 13.2. The number of aromatic nitrogens is 2. The Bertz CT molecular complexity index is 1230. The van der Waals surface area contributed by atoms with Crippen LogP contribution in [0.5, 0.6) is 5.75 Å². The van der Waals surface area contributed by atoms with E-state index in [-0.39, 0.29) is 5.82 Å². The summed E-state index contributed by atoms with van der Waals surface area (Å²) in [6.07, 6.45) is 9.74. The van der Waals surface area contributed by atoms with Crippen molar-refractivity contribution in [3.05, 3.63) is 90.4 Å². The van der Waals surface area contributed by atoms with Gasteiger partial charge < -0.3 is 9.30 Å². The van der Waals surface area contributed by atoms with Crippen LogP contribution in [0.15, 0.2) is 73.3 Å². The van der Waals surface area contributed by atoms with Crippen LogP contribution in [0.3, 0.4) is 0 Å². The highest BCUT2D eigenvalue weighted by atomic mass is 19.1. The fourth-order valence-corrected chi connectivity index (χ4v) is 3.34. The summed E-state index contributed by atoms with van der Waals surface area (Å²) in [5, 5.41) is 1.09. The largest absolute Gasteiger partial charge is 0.495 e. The minimum absolute atomic E-state index is 0.315. The van der Waals surface area contributed by atoms with E-state index in [4.69, 9.17) is 4.74 Å². The highest BCUT2D eigenvalue weighted by molar-refractivity contribution is 5.97. The van der Waals surface area contributed by atoms with E-state index in [0.717, 1.165) is 22.0 Å². The average molecular weight is 447 g/mol. The highest BCUT2D eigenvalue weighted by Crippen LogP contribution is 2.25. The van der Waals surface area contributed by atoms with Gasteiger partial charge in [-0.05, 0) is 61.0 Å². The van der Waals surface area contributed by atoms with Gasteiger partial charge in [-0.2, -0.15) is 0 Å². The Morgan fingerprint density at radius 1 is 1.21 bits per heavy atom. The van der Waals surface area contributed by atoms with Crippen molar-refractivity contribution in [2.45, 2.75) is 6.92 Å². The molecule has 0 fully saturated rings. The average Bonchev–Trinajstić information content (AvgIpc) is 3.25. The minimum atomic E-state index is -0.484. The number of hydrogen-bond acceptors (Lipinski definition) is 4. The summed E-state index contributed by atoms with van der Waals surface area (Å²) in [6.45, 7) is 2.22. The van der Waals surface area contributed by atoms with Gasteiger partial charge in [0.2, 0.25) is 0 Å². The van der Waals surface area contributed by atoms with Crippen molar-refractivity contribution in [1.29, 1.82) is 0 Å². The first-order valence-electron chi connectivity index (χ1n) is 10.2. The summed E-state index contributed by atoms with van der Waals surface area (Å²) in [7, 11) is 1.57. The van der Waals surface area contributed by atoms with Crippen LogP contribution in [0, 0.1) is 12.7 Å². The molecule has 0 aliphatic carbocycles. The molecule has 2 aromatic carbocycles. The van der Waals surface area contributed by atoms with Crippen LogP contribution in [0.25, 0.3) is 11.8 Å². The predicted octanol–water partition coefficient (Wildman–Crippen LogP) is 3.83. The molecular formula is C24H22FN5O3. The van der Waals surface area contributed by atoms with Crippen LogP contribution in [0.1, 0.15) is 11.3 Å². The fraction of sp³-hybridized carbons (Fsp3) is 0.125. The van der Waals surface area contributed by atoms with Gasteiger partial charge in [-0.15, -0.1) is 0 Å². The monoisotopic (exact) mass is 447 g/mol. The number of carbonyl (C=O) groups is 2. The Morgan fingerprint density at radius 3 is 2.70 bits per heavy atom. The van der Waals surface area contributed by atoms with Crippen molar-refractivity contribution in [3.8, 4) is 11.4 Å². The molecule has 0 unspecified atom stereocenters. The molecule has 3 aromatic rings. The summed E-state index contributed by atoms with van der Waals surface area (Å²) < 4.78 is 20.5. The van der Waals surface area contributed by atoms with Gasteiger partial charge in [-0.3, -0.25) is 15.1 Å². The normalized spacial score (nSPS) is 13.6. The Labute approximate surface area is 190 Å². The van der Waals surface area contributed by atoms with Gasteiger partial charge in [0.25, 0.3) is 5.91 Å². The second kappa shape index (κ2) is 9.39. The van der Waals surface area contributed by atoms with E-state index in [2.05, 4.69) is 10.4 Å². The fourth-order valence-electron chi connectivity index (χ4n) is 3.34. The summed E-state index contributed by atoms with van der Waals surface area (Å²) in [5.41, 5.74) is 5.52. The maximum atomic E-state index is 13.2. The molecule has 0 saturated heterocycles. The van der Waals surface area contributed by atoms with Crippen molar-refractivity contribution in [3.63, 3.8) is 0 Å². The van der Waals surface area contributed by atoms with Crippen molar-refractivity contribution in [2.24, 2.45) is 0 Å². The number of aryl methyl sites for hydroxylation is 1. The van der Waals surface area contributed by atoms with Gasteiger partial charge >= 0.3 is 6.03 Å². The number of imidazole rings is 1. The summed E-state index contributed by atoms with van der Waals surface area (Å²) >= 11 is 0. The first kappa shape index (κ1) is 21.8. The molecule has 0 spiro atoms. The van der Waals surface area contributed by atoms with Crippen LogP contribution in [-0.2, 0) is 4.79 Å². The third-order valence-corrected chi connectivity index (χ3v) is 4.97. The number of methoxy groups -OCH3 is 1. The van der Waals surface area contributed by atoms with Crippen molar-refractivity contribution in [2.75, 3.05) is 18.6 Å². The van der Waals surface area contributed by atoms with Gasteiger partial charge in [-0.25, -0.2) is 19.2 Å². The topological polar surface area (TPSA) is 79.7 Å². The summed E-state index contributed by atoms with van der Waals surface area (Å²) in [4.78, 5) is 30.8. The van der Waals surface area contributed by atoms with Crippen LogP contribution in [-0.4, -0.2) is 40.2 Å². The molecule has 33 heavy (non-hydrogen) atoms. The number of urea groups is 1. The zero-order valence-corrected chi connectivity index (χ0v) is 18.1. The van der Waals surface area contributed by atoms with Crippen LogP contribution < -0.4 is 15.1 Å². The molecule has 8 nitrogen and oxygen atoms in total. The molecule has 1 N–H and O–H groups in total. The molecule has 168 valence electrons. The Kier molecular flexibility index (Phi) is 6.21. The third kappa shape index (κ3) is 4.93. The molecule has 0 radical (unpaired) electrons. The van der Waals surface area contributed by atoms with Crippen molar-refractivity contribution < 1.29 is 18.7 Å². The molecule has 2 heterocycles. The molecule has 1 aliphatic rings. The molecule has 0 atom stereocenters. The summed E-state index contributed by atoms with van der Waals surface area (Å²) in [5.74, 6) is -0.250. The quantitative estimate of drug-likeness (QED) is 0.583. The zero-order valence-electron chi connectivity index (χ0n) is 18.1. The molecule has 9 heteroatoms. The lowest BCUT2D eigenvalue weighted by Gasteiger charge is -2.31. The Hall–Kier alpha value is -4.40. The lowest BCUT2D eigenvalue weighted by Crippen LogP contribution is -2.51. The number of nitrogens with one attached hydrogen (secondary N) is 1. The zero-order chi connectivity index (χ0) is 23.4. The lowest BCUT2D eigenvalue weighted by molar-refractivity contribution is -0.119. The number of anilines is 1. The Morgan fingerprint density at radius 2 is 2.00 bits per heavy atom. The van der Waals surface area contributed by atoms with E-state index >= 15 is 0 Å². The number of hydrogen-bond donors (Lipinski definition) is 1. The lowest BCUT2D eigenvalue weighted by atomic mass is 10.1. The van der Waals surface area contributed by atoms with Crippen LogP contribution >= 0.6 is 0 Å². The van der Waals surface area contributed by atoms with Gasteiger partial charge in [0.05, 0.1) is 24.8 Å². The van der Waals surface area contributed by atoms with Gasteiger partial charge in [-0.1, -0.05) is 6.07 Å². The predicted molar refractivity (Wildman–Crippen MR) is 122 cm³/mol. The number of carbonyl (C=O) groups excluding carboxylic acids is 2. The van der Waals surface area contributed by atoms with Crippen LogP contribution in [0.2, 0.25) is 0 Å². The highest BCUT2D eigenvalue weighted by Gasteiger charge is 2.24. The van der Waals surface area contributed by atoms with Gasteiger partial charge in [0.1, 0.15) is 11.6 Å². The number of amides is 3. The van der Waals surface area contributed by atoms with E-state index in [9.17, 15) is 14.0 Å². The first-order chi connectivity index (χ1) is 15.9. The first-order valence-corrected chi connectivity index (χ1v) is 10.2. The number of nitrogens with zero attached hydrogens (tertiary/aromatic N) is 4. The molecule has 0 saturated carbocycles. The second-order valence-electron chi connectivity index (χ2n) is 7.29. The second-order valence-corrected chi connectivity index (χ2v) is 7.29. The van der Waals surface area contributed by atoms with E-state index in [1.54, 1.807) is 31.7 Å². The summed E-state index contributed by atoms with van der Waals surface area (Å²) in [6, 6.07) is 10.6. The third-order valence-electron chi connectivity index (χ3n) is 4.97. The number of rotatable bonds is 6. The van der Waals surface area contributed by atoms with E-state index in [0.29, 0.717) is 18.0 Å². The van der Waals surface area contributed by atoms with Crippen molar-refractivity contribution in [1.82, 2.24) is 20.0 Å². The SMILES string of the molecule is COc1cc(C=CC(=O)NN2C=CCN(c3ccc(F)cc3)C2=O)ccc1-n1cnc(C)c1. The van der Waals surface area contributed by atoms with E-state index in [1.807, 2.05) is 29.8 Å². The molecule has 1 aromatic heterocycles. The van der Waals surface area contributed by atoms with E-state index < -0.39 is 11.9 Å². The maximum Gasteiger partial charge on any atom is 0.347 e. The Balaban J connectivity index is 1.43. The molecule has 0 bridgehead atoms. The van der Waals surface area contributed by atoms with Crippen molar-refractivity contribution >= 4 is 23.7 Å². The van der Waals surface area contributed by atoms with Gasteiger partial charge in [0.15, 0.2) is 0 Å². The van der Waals surface area contributed by atoms with Gasteiger partial charge in [0, 0.05) is 30.7 Å². The number of hydrazine groups is 1. The molecule has 3 amide bonds. The molecule has 4 rings (SSSR count). The number of ether oxygens (including phenoxy) is 1. The smallest absolute Gasteiger partial charge is 0.347 e.